The molecule has 1 saturated heterocycles. The van der Waals surface area contributed by atoms with Crippen LogP contribution in [0.25, 0.3) is 0 Å². The summed E-state index contributed by atoms with van der Waals surface area (Å²) in [4.78, 5) is 37.5. The zero-order valence-electron chi connectivity index (χ0n) is 17.3. The average molecular weight is 402 g/mol. The average Bonchev–Trinajstić information content (AvgIpc) is 3.26. The fourth-order valence-corrected chi connectivity index (χ4v) is 7.40. The smallest absolute Gasteiger partial charge is 0.302 e. The lowest BCUT2D eigenvalue weighted by Gasteiger charge is -2.56. The predicted molar refractivity (Wildman–Crippen MR) is 103 cm³/mol. The number of rotatable bonds is 2. The molecule has 6 atom stereocenters. The normalized spacial score (nSPS) is 45.2. The lowest BCUT2D eigenvalue weighted by molar-refractivity contribution is -0.187. The third-order valence-corrected chi connectivity index (χ3v) is 8.80. The van der Waals surface area contributed by atoms with E-state index in [4.69, 9.17) is 14.2 Å². The minimum Gasteiger partial charge on any atom is -0.462 e. The molecule has 3 saturated carbocycles. The molecule has 0 aromatic rings. The van der Waals surface area contributed by atoms with Crippen molar-refractivity contribution in [1.29, 1.82) is 0 Å². The number of ether oxygens (including phenoxy) is 3. The first-order valence-electron chi connectivity index (χ1n) is 11.0. The van der Waals surface area contributed by atoms with Crippen molar-refractivity contribution in [2.75, 3.05) is 13.2 Å². The second-order valence-electron chi connectivity index (χ2n) is 9.97. The van der Waals surface area contributed by atoms with Gasteiger partial charge in [-0.3, -0.25) is 9.59 Å². The van der Waals surface area contributed by atoms with Crippen LogP contribution in [0.5, 0.6) is 0 Å². The highest BCUT2D eigenvalue weighted by Gasteiger charge is 2.64. The van der Waals surface area contributed by atoms with Crippen LogP contribution < -0.4 is 0 Å². The fourth-order valence-electron chi connectivity index (χ4n) is 7.40. The highest BCUT2D eigenvalue weighted by atomic mass is 16.7. The van der Waals surface area contributed by atoms with E-state index in [2.05, 4.69) is 6.92 Å². The number of carbonyl (C=O) groups is 3. The summed E-state index contributed by atoms with van der Waals surface area (Å²) in [7, 11) is 0. The summed E-state index contributed by atoms with van der Waals surface area (Å²) in [5, 5.41) is 0. The Labute approximate surface area is 171 Å². The standard InChI is InChI=1S/C23H30O6/c1-14(25)29-19-4-3-16-20-17(5-6-21(16,19)2)22(13-24)7-8-23(27-9-10-28-23)12-15(22)11-18(20)26/h11,13,16-17,19-20H,3-10,12H2,1-2H3/t16-,17-,19-,20-,21-,22+/m0/s1. The number of ketones is 1. The molecule has 0 N–H and O–H groups in total. The van der Waals surface area contributed by atoms with Crippen molar-refractivity contribution in [2.45, 2.75) is 70.7 Å². The molecule has 1 aliphatic heterocycles. The highest BCUT2D eigenvalue weighted by molar-refractivity contribution is 5.96. The Hall–Kier alpha value is -1.53. The molecular weight excluding hydrogens is 372 g/mol. The SMILES string of the molecule is CC(=O)O[C@H]1CC[C@H]2[C@@H]3C(=O)C=C4CC5(CC[C@]4(C=O)[C@H]3CC[C@]12C)OCCO5. The van der Waals surface area contributed by atoms with E-state index in [1.54, 1.807) is 6.08 Å². The Morgan fingerprint density at radius 2 is 1.90 bits per heavy atom. The number of hydrogen-bond acceptors (Lipinski definition) is 6. The van der Waals surface area contributed by atoms with E-state index >= 15 is 0 Å². The van der Waals surface area contributed by atoms with Gasteiger partial charge in [-0.05, 0) is 55.6 Å². The van der Waals surface area contributed by atoms with Gasteiger partial charge in [0, 0.05) is 31.1 Å². The molecule has 4 aliphatic carbocycles. The molecule has 1 spiro atoms. The number of esters is 1. The van der Waals surface area contributed by atoms with Gasteiger partial charge in [0.1, 0.15) is 12.4 Å². The summed E-state index contributed by atoms with van der Waals surface area (Å²) in [6, 6.07) is 0. The number of fused-ring (bicyclic) bond motifs is 5. The van der Waals surface area contributed by atoms with Crippen LogP contribution in [0.4, 0.5) is 0 Å². The van der Waals surface area contributed by atoms with Crippen LogP contribution in [0.3, 0.4) is 0 Å². The van der Waals surface area contributed by atoms with Gasteiger partial charge < -0.3 is 19.0 Å². The summed E-state index contributed by atoms with van der Waals surface area (Å²) in [6.07, 6.45) is 7.97. The molecule has 4 fully saturated rings. The van der Waals surface area contributed by atoms with Crippen molar-refractivity contribution in [2.24, 2.45) is 28.6 Å². The third kappa shape index (κ3) is 2.64. The van der Waals surface area contributed by atoms with Gasteiger partial charge in [0.05, 0.1) is 18.6 Å². The van der Waals surface area contributed by atoms with Crippen LogP contribution in [0.15, 0.2) is 11.6 Å². The van der Waals surface area contributed by atoms with Crippen molar-refractivity contribution in [3.8, 4) is 0 Å². The monoisotopic (exact) mass is 402 g/mol. The van der Waals surface area contributed by atoms with E-state index in [-0.39, 0.29) is 41.0 Å². The molecule has 5 rings (SSSR count). The van der Waals surface area contributed by atoms with Gasteiger partial charge in [-0.1, -0.05) is 6.92 Å². The molecule has 0 amide bonds. The lowest BCUT2D eigenvalue weighted by atomic mass is 9.47. The van der Waals surface area contributed by atoms with E-state index in [1.807, 2.05) is 0 Å². The van der Waals surface area contributed by atoms with E-state index in [0.29, 0.717) is 32.5 Å². The second-order valence-corrected chi connectivity index (χ2v) is 9.97. The van der Waals surface area contributed by atoms with Crippen molar-refractivity contribution in [3.63, 3.8) is 0 Å². The number of hydrogen-bond donors (Lipinski definition) is 0. The van der Waals surface area contributed by atoms with E-state index in [0.717, 1.165) is 37.5 Å². The Kier molecular flexibility index (Phi) is 4.34. The van der Waals surface area contributed by atoms with Gasteiger partial charge in [-0.2, -0.15) is 0 Å². The first kappa shape index (κ1) is 19.4. The molecule has 0 aromatic heterocycles. The topological polar surface area (TPSA) is 78.9 Å². The van der Waals surface area contributed by atoms with Crippen LogP contribution in [0.1, 0.15) is 58.8 Å². The Balaban J connectivity index is 1.50. The minimum absolute atomic E-state index is 0.0282. The van der Waals surface area contributed by atoms with Crippen LogP contribution in [-0.2, 0) is 28.6 Å². The molecule has 0 radical (unpaired) electrons. The zero-order chi connectivity index (χ0) is 20.4. The number of allylic oxidation sites excluding steroid dienone is 1. The minimum atomic E-state index is -0.650. The molecule has 0 bridgehead atoms. The Morgan fingerprint density at radius 1 is 1.14 bits per heavy atom. The summed E-state index contributed by atoms with van der Waals surface area (Å²) in [5.74, 6) is -0.750. The molecular formula is C23H30O6. The molecule has 6 nitrogen and oxygen atoms in total. The molecule has 5 aliphatic rings. The van der Waals surface area contributed by atoms with Crippen molar-refractivity contribution >= 4 is 18.0 Å². The van der Waals surface area contributed by atoms with Gasteiger partial charge in [0.15, 0.2) is 11.6 Å². The maximum atomic E-state index is 13.4. The van der Waals surface area contributed by atoms with Gasteiger partial charge >= 0.3 is 5.97 Å². The molecule has 29 heavy (non-hydrogen) atoms. The molecule has 0 unspecified atom stereocenters. The van der Waals surface area contributed by atoms with Crippen LogP contribution in [-0.4, -0.2) is 43.1 Å². The molecule has 158 valence electrons. The zero-order valence-corrected chi connectivity index (χ0v) is 17.3. The molecule has 6 heteroatoms. The van der Waals surface area contributed by atoms with Crippen LogP contribution in [0.2, 0.25) is 0 Å². The first-order valence-corrected chi connectivity index (χ1v) is 11.0. The van der Waals surface area contributed by atoms with Gasteiger partial charge in [-0.25, -0.2) is 0 Å². The Bertz CT molecular complexity index is 780. The van der Waals surface area contributed by atoms with E-state index in [9.17, 15) is 14.4 Å². The van der Waals surface area contributed by atoms with Gasteiger partial charge in [-0.15, -0.1) is 0 Å². The number of aldehydes is 1. The maximum Gasteiger partial charge on any atom is 0.302 e. The highest BCUT2D eigenvalue weighted by Crippen LogP contribution is 2.65. The fraction of sp³-hybridized carbons (Fsp3) is 0.783. The van der Waals surface area contributed by atoms with Crippen LogP contribution >= 0.6 is 0 Å². The molecule has 1 heterocycles. The lowest BCUT2D eigenvalue weighted by Crippen LogP contribution is -2.57. The first-order chi connectivity index (χ1) is 13.8. The summed E-state index contributed by atoms with van der Waals surface area (Å²) in [6.45, 7) is 4.76. The summed E-state index contributed by atoms with van der Waals surface area (Å²) in [5.41, 5.74) is 0.135. The Morgan fingerprint density at radius 3 is 2.59 bits per heavy atom. The van der Waals surface area contributed by atoms with Gasteiger partial charge in [0.25, 0.3) is 0 Å². The van der Waals surface area contributed by atoms with Crippen molar-refractivity contribution < 1.29 is 28.6 Å². The summed E-state index contributed by atoms with van der Waals surface area (Å²) >= 11 is 0. The van der Waals surface area contributed by atoms with Crippen LogP contribution in [0, 0.1) is 28.6 Å². The number of carbonyl (C=O) groups excluding carboxylic acids is 3. The van der Waals surface area contributed by atoms with E-state index in [1.165, 1.54) is 6.92 Å². The van der Waals surface area contributed by atoms with Crippen molar-refractivity contribution in [3.05, 3.63) is 11.6 Å². The molecule has 0 aromatic carbocycles. The maximum absolute atomic E-state index is 13.4. The van der Waals surface area contributed by atoms with Gasteiger partial charge in [0.2, 0.25) is 0 Å². The van der Waals surface area contributed by atoms with Crippen molar-refractivity contribution in [1.82, 2.24) is 0 Å². The second kappa shape index (κ2) is 6.48. The predicted octanol–water partition coefficient (Wildman–Crippen LogP) is 2.98. The summed E-state index contributed by atoms with van der Waals surface area (Å²) < 4.78 is 17.4. The van der Waals surface area contributed by atoms with E-state index < -0.39 is 11.2 Å². The largest absolute Gasteiger partial charge is 0.462 e. The quantitative estimate of drug-likeness (QED) is 0.522. The third-order valence-electron chi connectivity index (χ3n) is 8.80.